The lowest BCUT2D eigenvalue weighted by molar-refractivity contribution is -0.115. The highest BCUT2D eigenvalue weighted by Gasteiger charge is 2.11. The van der Waals surface area contributed by atoms with Crippen LogP contribution in [0.4, 0.5) is 10.1 Å². The number of anilines is 1. The van der Waals surface area contributed by atoms with Crippen LogP contribution in [0.2, 0.25) is 0 Å². The number of amides is 1. The molecule has 15 heavy (non-hydrogen) atoms. The zero-order chi connectivity index (χ0) is 11.6. The number of carbonyl (C=O) groups is 1. The molecule has 1 atom stereocenters. The van der Waals surface area contributed by atoms with Crippen LogP contribution in [-0.2, 0) is 4.79 Å². The second-order valence-electron chi connectivity index (χ2n) is 3.25. The Morgan fingerprint density at radius 2 is 2.20 bits per heavy atom. The maximum atomic E-state index is 13.2. The Morgan fingerprint density at radius 3 is 2.73 bits per heavy atom. The van der Waals surface area contributed by atoms with E-state index in [4.69, 9.17) is 0 Å². The Labute approximate surface area is 102 Å². The predicted molar refractivity (Wildman–Crippen MR) is 65.9 cm³/mol. The molecule has 1 aromatic rings. The van der Waals surface area contributed by atoms with Crippen LogP contribution in [0.3, 0.4) is 0 Å². The summed E-state index contributed by atoms with van der Waals surface area (Å²) in [6.07, 6.45) is 0. The number of aryl methyl sites for hydroxylation is 1. The van der Waals surface area contributed by atoms with Crippen molar-refractivity contribution in [1.82, 2.24) is 0 Å². The number of thiol groups is 1. The molecule has 0 aliphatic heterocycles. The van der Waals surface area contributed by atoms with Crippen molar-refractivity contribution in [2.24, 2.45) is 0 Å². The highest BCUT2D eigenvalue weighted by atomic mass is 79.9. The van der Waals surface area contributed by atoms with Gasteiger partial charge in [-0.3, -0.25) is 4.79 Å². The summed E-state index contributed by atoms with van der Waals surface area (Å²) in [6.45, 7) is 3.45. The molecule has 0 saturated heterocycles. The summed E-state index contributed by atoms with van der Waals surface area (Å²) in [5, 5.41) is 2.18. The number of rotatable bonds is 2. The van der Waals surface area contributed by atoms with E-state index in [0.717, 1.165) is 5.56 Å². The predicted octanol–water partition coefficient (Wildman–Crippen LogP) is 3.15. The van der Waals surface area contributed by atoms with E-state index in [9.17, 15) is 9.18 Å². The van der Waals surface area contributed by atoms with Crippen LogP contribution in [-0.4, -0.2) is 11.2 Å². The first kappa shape index (κ1) is 12.5. The van der Waals surface area contributed by atoms with E-state index in [0.29, 0.717) is 10.2 Å². The summed E-state index contributed by atoms with van der Waals surface area (Å²) in [4.78, 5) is 11.3. The van der Waals surface area contributed by atoms with Gasteiger partial charge in [-0.2, -0.15) is 12.6 Å². The molecule has 0 aliphatic carbocycles. The minimum absolute atomic E-state index is 0.247. The lowest BCUT2D eigenvalue weighted by Crippen LogP contribution is -2.21. The Morgan fingerprint density at radius 1 is 1.60 bits per heavy atom. The van der Waals surface area contributed by atoms with E-state index in [-0.39, 0.29) is 5.91 Å². The van der Waals surface area contributed by atoms with Crippen molar-refractivity contribution in [3.8, 4) is 0 Å². The fraction of sp³-hybridized carbons (Fsp3) is 0.300. The van der Waals surface area contributed by atoms with Gasteiger partial charge in [0.25, 0.3) is 0 Å². The summed E-state index contributed by atoms with van der Waals surface area (Å²) in [5.74, 6) is -0.647. The SMILES string of the molecule is Cc1cc(Br)c(F)cc1NC(=O)C(C)S. The van der Waals surface area contributed by atoms with Crippen molar-refractivity contribution >= 4 is 40.2 Å². The molecule has 0 spiro atoms. The van der Waals surface area contributed by atoms with E-state index in [1.54, 1.807) is 19.9 Å². The maximum absolute atomic E-state index is 13.2. The number of hydrogen-bond acceptors (Lipinski definition) is 2. The van der Waals surface area contributed by atoms with Crippen molar-refractivity contribution in [1.29, 1.82) is 0 Å². The van der Waals surface area contributed by atoms with Crippen molar-refractivity contribution in [3.05, 3.63) is 28.0 Å². The number of carbonyl (C=O) groups excluding carboxylic acids is 1. The third kappa shape index (κ3) is 3.21. The quantitative estimate of drug-likeness (QED) is 0.806. The van der Waals surface area contributed by atoms with Gasteiger partial charge in [-0.15, -0.1) is 0 Å². The minimum atomic E-state index is -0.420. The molecule has 0 radical (unpaired) electrons. The second-order valence-corrected chi connectivity index (χ2v) is 4.88. The van der Waals surface area contributed by atoms with Crippen LogP contribution in [0.15, 0.2) is 16.6 Å². The van der Waals surface area contributed by atoms with Crippen molar-refractivity contribution in [2.45, 2.75) is 19.1 Å². The Balaban J connectivity index is 2.96. The standard InChI is InChI=1S/C10H11BrFNOS/c1-5-3-7(11)8(12)4-9(5)13-10(14)6(2)15/h3-4,6,15H,1-2H3,(H,13,14). The zero-order valence-electron chi connectivity index (χ0n) is 8.34. The summed E-state index contributed by atoms with van der Waals surface area (Å²) in [7, 11) is 0. The number of hydrogen-bond donors (Lipinski definition) is 2. The fourth-order valence-electron chi connectivity index (χ4n) is 1.02. The van der Waals surface area contributed by atoms with Gasteiger partial charge in [-0.05, 0) is 47.5 Å². The van der Waals surface area contributed by atoms with Gasteiger partial charge in [0.1, 0.15) is 5.82 Å². The van der Waals surface area contributed by atoms with Gasteiger partial charge in [-0.25, -0.2) is 4.39 Å². The third-order valence-electron chi connectivity index (χ3n) is 1.90. The van der Waals surface area contributed by atoms with Gasteiger partial charge < -0.3 is 5.32 Å². The third-order valence-corrected chi connectivity index (χ3v) is 2.75. The average Bonchev–Trinajstić information content (AvgIpc) is 2.13. The smallest absolute Gasteiger partial charge is 0.236 e. The van der Waals surface area contributed by atoms with Crippen LogP contribution in [0, 0.1) is 12.7 Å². The van der Waals surface area contributed by atoms with E-state index in [1.165, 1.54) is 6.07 Å². The van der Waals surface area contributed by atoms with Gasteiger partial charge in [0.2, 0.25) is 5.91 Å². The molecule has 0 aliphatic rings. The van der Waals surface area contributed by atoms with Crippen LogP contribution in [0.25, 0.3) is 0 Å². The molecule has 5 heteroatoms. The van der Waals surface area contributed by atoms with Crippen LogP contribution in [0.1, 0.15) is 12.5 Å². The molecule has 1 rings (SSSR count). The summed E-state index contributed by atoms with van der Waals surface area (Å²) >= 11 is 7.06. The van der Waals surface area contributed by atoms with E-state index in [1.807, 2.05) is 0 Å². The van der Waals surface area contributed by atoms with Gasteiger partial charge in [-0.1, -0.05) is 0 Å². The van der Waals surface area contributed by atoms with Crippen LogP contribution in [0.5, 0.6) is 0 Å². The van der Waals surface area contributed by atoms with Gasteiger partial charge in [0.05, 0.1) is 9.72 Å². The molecular formula is C10H11BrFNOS. The topological polar surface area (TPSA) is 29.1 Å². The number of nitrogens with one attached hydrogen (secondary N) is 1. The van der Waals surface area contributed by atoms with E-state index in [2.05, 4.69) is 33.9 Å². The highest BCUT2D eigenvalue weighted by Crippen LogP contribution is 2.24. The molecule has 1 unspecified atom stereocenters. The van der Waals surface area contributed by atoms with E-state index < -0.39 is 11.1 Å². The van der Waals surface area contributed by atoms with Gasteiger partial charge in [0, 0.05) is 5.69 Å². The molecule has 0 bridgehead atoms. The first-order valence-corrected chi connectivity index (χ1v) is 5.67. The monoisotopic (exact) mass is 291 g/mol. The fourth-order valence-corrected chi connectivity index (χ4v) is 1.54. The van der Waals surface area contributed by atoms with E-state index >= 15 is 0 Å². The molecule has 1 N–H and O–H groups in total. The molecule has 0 saturated carbocycles. The molecule has 82 valence electrons. The molecule has 0 aromatic heterocycles. The van der Waals surface area contributed by atoms with Crippen LogP contribution >= 0.6 is 28.6 Å². The Bertz CT molecular complexity index is 395. The Kier molecular flexibility index (Phi) is 4.16. The van der Waals surface area contributed by atoms with Gasteiger partial charge >= 0.3 is 0 Å². The molecule has 1 amide bonds. The van der Waals surface area contributed by atoms with Crippen LogP contribution < -0.4 is 5.32 Å². The molecule has 1 aromatic carbocycles. The summed E-state index contributed by atoms with van der Waals surface area (Å²) < 4.78 is 13.6. The molecular weight excluding hydrogens is 281 g/mol. The number of halogens is 2. The number of benzene rings is 1. The largest absolute Gasteiger partial charge is 0.325 e. The normalized spacial score (nSPS) is 12.3. The molecule has 0 fully saturated rings. The van der Waals surface area contributed by atoms with Gasteiger partial charge in [0.15, 0.2) is 0 Å². The molecule has 0 heterocycles. The first-order valence-electron chi connectivity index (χ1n) is 4.36. The minimum Gasteiger partial charge on any atom is -0.325 e. The second kappa shape index (κ2) is 4.99. The lowest BCUT2D eigenvalue weighted by atomic mass is 10.2. The Hall–Kier alpha value is -0.550. The molecule has 2 nitrogen and oxygen atoms in total. The highest BCUT2D eigenvalue weighted by molar-refractivity contribution is 9.10. The zero-order valence-corrected chi connectivity index (χ0v) is 10.8. The summed E-state index contributed by atoms with van der Waals surface area (Å²) in [6, 6.07) is 2.90. The maximum Gasteiger partial charge on any atom is 0.236 e. The first-order chi connectivity index (χ1) is 6.91. The van der Waals surface area contributed by atoms with Crippen molar-refractivity contribution in [3.63, 3.8) is 0 Å². The summed E-state index contributed by atoms with van der Waals surface area (Å²) in [5.41, 5.74) is 1.27. The van der Waals surface area contributed by atoms with Crippen molar-refractivity contribution < 1.29 is 9.18 Å². The van der Waals surface area contributed by atoms with Crippen molar-refractivity contribution in [2.75, 3.05) is 5.32 Å². The average molecular weight is 292 g/mol. The lowest BCUT2D eigenvalue weighted by Gasteiger charge is -2.10.